The van der Waals surface area contributed by atoms with Crippen LogP contribution in [-0.4, -0.2) is 28.5 Å². The molecular weight excluding hydrogens is 453 g/mol. The van der Waals surface area contributed by atoms with E-state index in [-0.39, 0.29) is 11.7 Å². The molecule has 0 bridgehead atoms. The van der Waals surface area contributed by atoms with Crippen LogP contribution >= 0.6 is 27.3 Å². The summed E-state index contributed by atoms with van der Waals surface area (Å²) >= 11 is 5.11. The van der Waals surface area contributed by atoms with Crippen molar-refractivity contribution in [3.05, 3.63) is 69.0 Å². The highest BCUT2D eigenvalue weighted by Gasteiger charge is 2.19. The van der Waals surface area contributed by atoms with E-state index in [0.29, 0.717) is 6.42 Å². The lowest BCUT2D eigenvalue weighted by Crippen LogP contribution is -2.27. The van der Waals surface area contributed by atoms with Crippen LogP contribution in [0.4, 0.5) is 10.1 Å². The molecule has 0 radical (unpaired) electrons. The van der Waals surface area contributed by atoms with Gasteiger partial charge in [-0.15, -0.1) is 11.3 Å². The summed E-state index contributed by atoms with van der Waals surface area (Å²) in [6.45, 7) is 2.38. The zero-order valence-electron chi connectivity index (χ0n) is 15.9. The Morgan fingerprint density at radius 1 is 1.14 bits per heavy atom. The molecule has 2 heterocycles. The quantitative estimate of drug-likeness (QED) is 0.474. The van der Waals surface area contributed by atoms with Crippen LogP contribution in [-0.2, 0) is 11.3 Å². The van der Waals surface area contributed by atoms with Gasteiger partial charge in [0.05, 0.1) is 11.4 Å². The molecule has 0 saturated carbocycles. The van der Waals surface area contributed by atoms with E-state index < -0.39 is 0 Å². The van der Waals surface area contributed by atoms with Crippen molar-refractivity contribution in [3.8, 4) is 11.3 Å². The molecule has 1 saturated heterocycles. The Hall–Kier alpha value is -2.25. The number of aromatic nitrogens is 1. The fraction of sp³-hybridized carbons (Fsp3) is 0.273. The Labute approximate surface area is 181 Å². The van der Waals surface area contributed by atoms with E-state index in [1.807, 2.05) is 17.0 Å². The summed E-state index contributed by atoms with van der Waals surface area (Å²) in [7, 11) is 0. The predicted molar refractivity (Wildman–Crippen MR) is 117 cm³/mol. The molecule has 1 amide bonds. The molecule has 3 aromatic rings. The smallest absolute Gasteiger partial charge is 0.222 e. The lowest BCUT2D eigenvalue weighted by molar-refractivity contribution is -0.127. The first-order chi connectivity index (χ1) is 14.1. The number of hydrogen-bond donors (Lipinski definition) is 0. The molecule has 1 aliphatic rings. The van der Waals surface area contributed by atoms with E-state index in [9.17, 15) is 9.18 Å². The van der Waals surface area contributed by atoms with E-state index in [2.05, 4.69) is 38.0 Å². The molecule has 7 heteroatoms. The molecule has 29 heavy (non-hydrogen) atoms. The SMILES string of the molecule is O=C1CCCN1CCCn1c(-c2cccc(Br)c2)csc1=Nc1ccc(F)cc1. The van der Waals surface area contributed by atoms with Gasteiger partial charge >= 0.3 is 0 Å². The second kappa shape index (κ2) is 9.05. The maximum absolute atomic E-state index is 13.2. The minimum Gasteiger partial charge on any atom is -0.343 e. The van der Waals surface area contributed by atoms with Crippen molar-refractivity contribution < 1.29 is 9.18 Å². The van der Waals surface area contributed by atoms with Crippen molar-refractivity contribution in [1.29, 1.82) is 0 Å². The largest absolute Gasteiger partial charge is 0.343 e. The zero-order chi connectivity index (χ0) is 20.2. The van der Waals surface area contributed by atoms with Gasteiger partial charge in [-0.3, -0.25) is 4.79 Å². The van der Waals surface area contributed by atoms with Crippen molar-refractivity contribution in [2.24, 2.45) is 4.99 Å². The summed E-state index contributed by atoms with van der Waals surface area (Å²) in [4.78, 5) is 19.4. The third kappa shape index (κ3) is 4.85. The number of carbonyl (C=O) groups is 1. The standard InChI is InChI=1S/C22H21BrFN3OS/c23-17-5-1-4-16(14-17)20-15-29-22(25-19-9-7-18(24)8-10-19)27(20)13-3-12-26-11-2-6-21(26)28/h1,4-5,7-10,14-15H,2-3,6,11-13H2. The molecule has 0 unspecified atom stereocenters. The summed E-state index contributed by atoms with van der Waals surface area (Å²) in [6, 6.07) is 14.4. The average Bonchev–Trinajstić information content (AvgIpc) is 3.30. The normalized spacial score (nSPS) is 14.8. The number of likely N-dealkylation sites (tertiary alicyclic amines) is 1. The van der Waals surface area contributed by atoms with Crippen LogP contribution in [0.15, 0.2) is 63.4 Å². The van der Waals surface area contributed by atoms with Crippen LogP contribution in [0.2, 0.25) is 0 Å². The van der Waals surface area contributed by atoms with Crippen molar-refractivity contribution >= 4 is 38.9 Å². The van der Waals surface area contributed by atoms with Crippen molar-refractivity contribution in [2.75, 3.05) is 13.1 Å². The molecule has 0 N–H and O–H groups in total. The van der Waals surface area contributed by atoms with Crippen LogP contribution in [0, 0.1) is 5.82 Å². The maximum atomic E-state index is 13.2. The minimum absolute atomic E-state index is 0.253. The molecule has 1 fully saturated rings. The molecule has 0 atom stereocenters. The number of carbonyl (C=O) groups excluding carboxylic acids is 1. The zero-order valence-corrected chi connectivity index (χ0v) is 18.3. The van der Waals surface area contributed by atoms with Crippen molar-refractivity contribution in [2.45, 2.75) is 25.8 Å². The Balaban J connectivity index is 1.65. The summed E-state index contributed by atoms with van der Waals surface area (Å²) < 4.78 is 16.4. The maximum Gasteiger partial charge on any atom is 0.222 e. The van der Waals surface area contributed by atoms with Gasteiger partial charge in [0.2, 0.25) is 5.91 Å². The number of amides is 1. The monoisotopic (exact) mass is 473 g/mol. The lowest BCUT2D eigenvalue weighted by atomic mass is 10.2. The molecule has 1 aliphatic heterocycles. The van der Waals surface area contributed by atoms with Gasteiger partial charge in [0, 0.05) is 41.5 Å². The Kier molecular flexibility index (Phi) is 6.25. The van der Waals surface area contributed by atoms with Crippen LogP contribution in [0.25, 0.3) is 11.3 Å². The van der Waals surface area contributed by atoms with E-state index in [4.69, 9.17) is 4.99 Å². The van der Waals surface area contributed by atoms with E-state index >= 15 is 0 Å². The highest BCUT2D eigenvalue weighted by atomic mass is 79.9. The number of thiazole rings is 1. The molecule has 2 aromatic carbocycles. The van der Waals surface area contributed by atoms with E-state index in [1.54, 1.807) is 23.5 Å². The predicted octanol–water partition coefficient (Wildman–Crippen LogP) is 5.36. The number of benzene rings is 2. The number of hydrogen-bond acceptors (Lipinski definition) is 3. The van der Waals surface area contributed by atoms with Crippen LogP contribution < -0.4 is 4.80 Å². The average molecular weight is 474 g/mol. The second-order valence-electron chi connectivity index (χ2n) is 6.99. The van der Waals surface area contributed by atoms with Crippen LogP contribution in [0.3, 0.4) is 0 Å². The Morgan fingerprint density at radius 3 is 2.69 bits per heavy atom. The molecule has 1 aromatic heterocycles. The number of rotatable bonds is 6. The lowest BCUT2D eigenvalue weighted by Gasteiger charge is -2.16. The summed E-state index contributed by atoms with van der Waals surface area (Å²) in [5.41, 5.74) is 2.91. The number of nitrogens with zero attached hydrogens (tertiary/aromatic N) is 3. The first-order valence-corrected chi connectivity index (χ1v) is 11.3. The van der Waals surface area contributed by atoms with Gasteiger partial charge in [-0.25, -0.2) is 9.38 Å². The third-order valence-corrected chi connectivity index (χ3v) is 6.31. The van der Waals surface area contributed by atoms with Crippen molar-refractivity contribution in [1.82, 2.24) is 9.47 Å². The van der Waals surface area contributed by atoms with Gasteiger partial charge in [0.1, 0.15) is 5.82 Å². The summed E-state index contributed by atoms with van der Waals surface area (Å²) in [5.74, 6) is -0.0168. The third-order valence-electron chi connectivity index (χ3n) is 4.95. The number of halogens is 2. The summed E-state index contributed by atoms with van der Waals surface area (Å²) in [6.07, 6.45) is 2.49. The minimum atomic E-state index is -0.270. The molecule has 150 valence electrons. The van der Waals surface area contributed by atoms with Crippen molar-refractivity contribution in [3.63, 3.8) is 0 Å². The first kappa shape index (κ1) is 20.0. The molecular formula is C22H21BrFN3OS. The van der Waals surface area contributed by atoms with Gasteiger partial charge in [0.25, 0.3) is 0 Å². The highest BCUT2D eigenvalue weighted by Crippen LogP contribution is 2.24. The van der Waals surface area contributed by atoms with Gasteiger partial charge in [0.15, 0.2) is 4.80 Å². The van der Waals surface area contributed by atoms with Gasteiger partial charge < -0.3 is 9.47 Å². The first-order valence-electron chi connectivity index (χ1n) is 9.62. The Morgan fingerprint density at radius 2 is 1.97 bits per heavy atom. The van der Waals surface area contributed by atoms with Crippen LogP contribution in [0.5, 0.6) is 0 Å². The van der Waals surface area contributed by atoms with Gasteiger partial charge in [-0.2, -0.15) is 0 Å². The molecule has 4 rings (SSSR count). The van der Waals surface area contributed by atoms with E-state index in [0.717, 1.165) is 58.7 Å². The fourth-order valence-electron chi connectivity index (χ4n) is 3.50. The van der Waals surface area contributed by atoms with E-state index in [1.165, 1.54) is 12.1 Å². The topological polar surface area (TPSA) is 37.6 Å². The van der Waals surface area contributed by atoms with Gasteiger partial charge in [-0.1, -0.05) is 28.1 Å². The fourth-order valence-corrected chi connectivity index (χ4v) is 4.85. The molecule has 0 spiro atoms. The van der Waals surface area contributed by atoms with Gasteiger partial charge in [-0.05, 0) is 49.2 Å². The molecule has 4 nitrogen and oxygen atoms in total. The second-order valence-corrected chi connectivity index (χ2v) is 8.74. The highest BCUT2D eigenvalue weighted by molar-refractivity contribution is 9.10. The van der Waals surface area contributed by atoms with Crippen LogP contribution in [0.1, 0.15) is 19.3 Å². The summed E-state index contributed by atoms with van der Waals surface area (Å²) in [5, 5.41) is 2.10. The Bertz CT molecular complexity index is 1070. The molecule has 0 aliphatic carbocycles.